The van der Waals surface area contributed by atoms with Crippen molar-refractivity contribution in [2.24, 2.45) is 4.99 Å². The summed E-state index contributed by atoms with van der Waals surface area (Å²) in [5.74, 6) is 0.997. The van der Waals surface area contributed by atoms with Gasteiger partial charge < -0.3 is 24.3 Å². The van der Waals surface area contributed by atoms with E-state index in [1.54, 1.807) is 23.8 Å². The molecular formula is C21H36N4O3. The van der Waals surface area contributed by atoms with Gasteiger partial charge in [0.25, 0.3) is 0 Å². The highest BCUT2D eigenvalue weighted by Gasteiger charge is 2.21. The molecule has 0 aromatic carbocycles. The van der Waals surface area contributed by atoms with Crippen molar-refractivity contribution in [1.29, 1.82) is 0 Å². The van der Waals surface area contributed by atoms with Crippen LogP contribution < -0.4 is 10.9 Å². The number of piperidine rings is 1. The monoisotopic (exact) mass is 392 g/mol. The Morgan fingerprint density at radius 3 is 2.75 bits per heavy atom. The van der Waals surface area contributed by atoms with E-state index >= 15 is 0 Å². The van der Waals surface area contributed by atoms with Crippen molar-refractivity contribution in [3.05, 3.63) is 34.7 Å². The molecule has 1 fully saturated rings. The van der Waals surface area contributed by atoms with Crippen LogP contribution in [0.15, 0.2) is 34.2 Å². The van der Waals surface area contributed by atoms with Crippen LogP contribution in [0.2, 0.25) is 0 Å². The Hall–Kier alpha value is -1.86. The first-order valence-corrected chi connectivity index (χ1v) is 10.5. The van der Waals surface area contributed by atoms with Gasteiger partial charge >= 0.3 is 0 Å². The number of nitrogens with zero attached hydrogens (tertiary/aromatic N) is 3. The fourth-order valence-electron chi connectivity index (χ4n) is 3.34. The van der Waals surface area contributed by atoms with Gasteiger partial charge in [-0.1, -0.05) is 6.07 Å². The van der Waals surface area contributed by atoms with Gasteiger partial charge in [0, 0.05) is 65.3 Å². The van der Waals surface area contributed by atoms with Crippen LogP contribution in [0, 0.1) is 0 Å². The molecule has 1 aliphatic rings. The van der Waals surface area contributed by atoms with Crippen molar-refractivity contribution >= 4 is 5.96 Å². The molecule has 28 heavy (non-hydrogen) atoms. The van der Waals surface area contributed by atoms with Crippen molar-refractivity contribution in [2.75, 3.05) is 46.5 Å². The van der Waals surface area contributed by atoms with Gasteiger partial charge in [0.1, 0.15) is 0 Å². The lowest BCUT2D eigenvalue weighted by Gasteiger charge is -2.34. The van der Waals surface area contributed by atoms with Crippen LogP contribution in [0.1, 0.15) is 39.0 Å². The summed E-state index contributed by atoms with van der Waals surface area (Å²) >= 11 is 0. The van der Waals surface area contributed by atoms with E-state index in [0.717, 1.165) is 84.0 Å². The topological polar surface area (TPSA) is 68.1 Å². The van der Waals surface area contributed by atoms with Crippen LogP contribution in [-0.4, -0.2) is 68.0 Å². The number of ether oxygens (including phenoxy) is 2. The van der Waals surface area contributed by atoms with Gasteiger partial charge in [-0.05, 0) is 45.1 Å². The molecule has 0 bridgehead atoms. The third-order valence-corrected chi connectivity index (χ3v) is 4.89. The zero-order valence-corrected chi connectivity index (χ0v) is 17.4. The second-order valence-corrected chi connectivity index (χ2v) is 7.08. The van der Waals surface area contributed by atoms with Crippen molar-refractivity contribution in [1.82, 2.24) is 14.8 Å². The maximum absolute atomic E-state index is 11.7. The average Bonchev–Trinajstić information content (AvgIpc) is 2.72. The lowest BCUT2D eigenvalue weighted by Crippen LogP contribution is -2.47. The molecule has 1 aliphatic heterocycles. The molecule has 7 nitrogen and oxygen atoms in total. The number of unbranched alkanes of at least 4 members (excludes halogenated alkanes) is 1. The van der Waals surface area contributed by atoms with E-state index in [9.17, 15) is 4.79 Å². The smallest absolute Gasteiger partial charge is 0.250 e. The number of aryl methyl sites for hydroxylation is 1. The van der Waals surface area contributed by atoms with Crippen molar-refractivity contribution in [3.8, 4) is 0 Å². The lowest BCUT2D eigenvalue weighted by molar-refractivity contribution is 0.00990. The normalized spacial score (nSPS) is 15.8. The van der Waals surface area contributed by atoms with Gasteiger partial charge in [0.05, 0.1) is 6.10 Å². The van der Waals surface area contributed by atoms with Gasteiger partial charge in [-0.25, -0.2) is 0 Å². The first-order valence-electron chi connectivity index (χ1n) is 10.5. The minimum atomic E-state index is 0.0617. The third kappa shape index (κ3) is 8.02. The summed E-state index contributed by atoms with van der Waals surface area (Å²) in [4.78, 5) is 18.8. The van der Waals surface area contributed by atoms with E-state index in [4.69, 9.17) is 14.5 Å². The van der Waals surface area contributed by atoms with E-state index < -0.39 is 0 Å². The highest BCUT2D eigenvalue weighted by molar-refractivity contribution is 5.80. The fourth-order valence-corrected chi connectivity index (χ4v) is 3.34. The van der Waals surface area contributed by atoms with Crippen molar-refractivity contribution < 1.29 is 9.47 Å². The number of likely N-dealkylation sites (tertiary alicyclic amines) is 1. The molecule has 0 aliphatic carbocycles. The van der Waals surface area contributed by atoms with Crippen LogP contribution in [-0.2, 0) is 16.0 Å². The summed E-state index contributed by atoms with van der Waals surface area (Å²) in [5, 5.41) is 3.41. The maximum Gasteiger partial charge on any atom is 0.250 e. The van der Waals surface area contributed by atoms with Crippen LogP contribution in [0.5, 0.6) is 0 Å². The van der Waals surface area contributed by atoms with Gasteiger partial charge in [-0.3, -0.25) is 9.79 Å². The number of methoxy groups -OCH3 is 1. The number of aromatic nitrogens is 1. The number of aliphatic imine (C=N–C) groups is 1. The summed E-state index contributed by atoms with van der Waals surface area (Å²) in [7, 11) is 1.72. The Labute approximate surface area is 168 Å². The van der Waals surface area contributed by atoms with E-state index in [1.807, 2.05) is 12.3 Å². The Balaban J connectivity index is 1.70. The molecule has 2 rings (SSSR count). The van der Waals surface area contributed by atoms with Crippen LogP contribution in [0.3, 0.4) is 0 Å². The number of hydrogen-bond donors (Lipinski definition) is 1. The standard InChI is InChI=1S/C21H36N4O3/c1-3-22-21(23-12-5-7-14-24-13-6-4-9-20(24)26)25-15-10-19(11-16-25)28-18-8-17-27-2/h4,6,9,13,19H,3,5,7-8,10-12,14-18H2,1-2H3,(H,22,23). The molecule has 1 N–H and O–H groups in total. The number of nitrogens with one attached hydrogen (secondary N) is 1. The van der Waals surface area contributed by atoms with E-state index in [2.05, 4.69) is 17.1 Å². The second kappa shape index (κ2) is 13.3. The summed E-state index contributed by atoms with van der Waals surface area (Å²) in [6, 6.07) is 5.28. The maximum atomic E-state index is 11.7. The van der Waals surface area contributed by atoms with Gasteiger partial charge in [-0.15, -0.1) is 0 Å². The van der Waals surface area contributed by atoms with E-state index in [-0.39, 0.29) is 5.56 Å². The molecule has 7 heteroatoms. The molecule has 0 spiro atoms. The molecule has 2 heterocycles. The molecule has 1 aromatic rings. The molecule has 0 saturated carbocycles. The van der Waals surface area contributed by atoms with Gasteiger partial charge in [0.15, 0.2) is 5.96 Å². The van der Waals surface area contributed by atoms with E-state index in [1.165, 1.54) is 0 Å². The van der Waals surface area contributed by atoms with Crippen LogP contribution >= 0.6 is 0 Å². The van der Waals surface area contributed by atoms with Crippen LogP contribution in [0.4, 0.5) is 0 Å². The minimum Gasteiger partial charge on any atom is -0.385 e. The molecule has 0 amide bonds. The van der Waals surface area contributed by atoms with Gasteiger partial charge in [-0.2, -0.15) is 0 Å². The summed E-state index contributed by atoms with van der Waals surface area (Å²) in [5.41, 5.74) is 0.0617. The number of pyridine rings is 1. The molecular weight excluding hydrogens is 356 g/mol. The quantitative estimate of drug-likeness (QED) is 0.355. The van der Waals surface area contributed by atoms with E-state index in [0.29, 0.717) is 6.10 Å². The zero-order chi connectivity index (χ0) is 20.0. The summed E-state index contributed by atoms with van der Waals surface area (Å²) in [6.45, 7) is 7.97. The highest BCUT2D eigenvalue weighted by Crippen LogP contribution is 2.14. The molecule has 1 saturated heterocycles. The first kappa shape index (κ1) is 22.4. The highest BCUT2D eigenvalue weighted by atomic mass is 16.5. The number of rotatable bonds is 11. The molecule has 0 radical (unpaired) electrons. The minimum absolute atomic E-state index is 0.0617. The first-order chi connectivity index (χ1) is 13.7. The molecule has 158 valence electrons. The number of hydrogen-bond acceptors (Lipinski definition) is 4. The lowest BCUT2D eigenvalue weighted by atomic mass is 10.1. The molecule has 1 aromatic heterocycles. The summed E-state index contributed by atoms with van der Waals surface area (Å²) < 4.78 is 12.8. The Morgan fingerprint density at radius 2 is 2.04 bits per heavy atom. The average molecular weight is 393 g/mol. The van der Waals surface area contributed by atoms with Crippen molar-refractivity contribution in [2.45, 2.75) is 51.7 Å². The fraction of sp³-hybridized carbons (Fsp3) is 0.714. The van der Waals surface area contributed by atoms with Crippen molar-refractivity contribution in [3.63, 3.8) is 0 Å². The Kier molecular flexibility index (Phi) is 10.7. The van der Waals surface area contributed by atoms with Gasteiger partial charge in [0.2, 0.25) is 5.56 Å². The SMILES string of the molecule is CCNC(=NCCCCn1ccccc1=O)N1CCC(OCCCOC)CC1. The summed E-state index contributed by atoms with van der Waals surface area (Å²) in [6.07, 6.45) is 7.13. The Bertz CT molecular complexity index is 624. The predicted octanol–water partition coefficient (Wildman–Crippen LogP) is 2.11. The number of guanidine groups is 1. The predicted molar refractivity (Wildman–Crippen MR) is 113 cm³/mol. The third-order valence-electron chi connectivity index (χ3n) is 4.89. The molecule has 0 atom stereocenters. The second-order valence-electron chi connectivity index (χ2n) is 7.08. The van der Waals surface area contributed by atoms with Crippen LogP contribution in [0.25, 0.3) is 0 Å². The largest absolute Gasteiger partial charge is 0.385 e. The molecule has 0 unspecified atom stereocenters. The Morgan fingerprint density at radius 1 is 1.21 bits per heavy atom. The zero-order valence-electron chi connectivity index (χ0n) is 17.4.